The molecule has 0 radical (unpaired) electrons. The Balaban J connectivity index is 2.33. The third-order valence-electron chi connectivity index (χ3n) is 2.56. The van der Waals surface area contributed by atoms with Crippen LogP contribution in [0.1, 0.15) is 15.9 Å². The molecule has 0 bridgehead atoms. The lowest BCUT2D eigenvalue weighted by atomic mass is 10.2. The molecule has 104 valence electrons. The van der Waals surface area contributed by atoms with Crippen molar-refractivity contribution < 1.29 is 9.18 Å². The molecule has 1 aromatic heterocycles. The van der Waals surface area contributed by atoms with E-state index in [1.807, 2.05) is 0 Å². The minimum atomic E-state index is -0.520. The zero-order valence-corrected chi connectivity index (χ0v) is 12.4. The Bertz CT molecular complexity index is 668. The first-order valence-corrected chi connectivity index (χ1v) is 6.61. The number of halogens is 4. The van der Waals surface area contributed by atoms with Crippen LogP contribution in [0.4, 0.5) is 10.1 Å². The smallest absolute Gasteiger partial charge is 0.257 e. The van der Waals surface area contributed by atoms with Gasteiger partial charge in [0.1, 0.15) is 11.0 Å². The summed E-state index contributed by atoms with van der Waals surface area (Å²) in [5.41, 5.74) is 1.13. The Morgan fingerprint density at radius 3 is 2.55 bits per heavy atom. The fourth-order valence-corrected chi connectivity index (χ4v) is 2.43. The lowest BCUT2D eigenvalue weighted by Crippen LogP contribution is -2.14. The predicted octanol–water partition coefficient (Wildman–Crippen LogP) is 4.74. The molecule has 1 aromatic carbocycles. The zero-order valence-electron chi connectivity index (χ0n) is 10.2. The highest BCUT2D eigenvalue weighted by Crippen LogP contribution is 2.27. The first kappa shape index (κ1) is 15.0. The number of nitrogens with one attached hydrogen (secondary N) is 1. The number of nitrogens with zero attached hydrogens (tertiary/aromatic N) is 1. The fourth-order valence-electron chi connectivity index (χ4n) is 1.60. The molecular weight excluding hydrogens is 326 g/mol. The number of hydrogen-bond donors (Lipinski definition) is 1. The van der Waals surface area contributed by atoms with Crippen molar-refractivity contribution in [1.29, 1.82) is 0 Å². The van der Waals surface area contributed by atoms with Crippen molar-refractivity contribution in [2.75, 3.05) is 5.32 Å². The van der Waals surface area contributed by atoms with Crippen molar-refractivity contribution in [1.82, 2.24) is 4.98 Å². The van der Waals surface area contributed by atoms with E-state index < -0.39 is 11.7 Å². The number of benzene rings is 1. The molecule has 20 heavy (non-hydrogen) atoms. The molecule has 0 aliphatic rings. The van der Waals surface area contributed by atoms with Gasteiger partial charge in [0.15, 0.2) is 5.15 Å². The number of aryl methyl sites for hydroxylation is 1. The van der Waals surface area contributed by atoms with Crippen LogP contribution >= 0.6 is 34.8 Å². The molecule has 2 aromatic rings. The highest BCUT2D eigenvalue weighted by Gasteiger charge is 2.15. The zero-order chi connectivity index (χ0) is 14.9. The standard InChI is InChI=1S/C13H8Cl3FN2O/c1-6-4-10(15)18-12(16)11(6)19-13(20)8-3-2-7(17)5-9(8)14/h2-5H,1H3,(H,19,20). The third kappa shape index (κ3) is 3.20. The largest absolute Gasteiger partial charge is 0.319 e. The predicted molar refractivity (Wildman–Crippen MR) is 78.4 cm³/mol. The van der Waals surface area contributed by atoms with Gasteiger partial charge in [0.2, 0.25) is 0 Å². The second-order valence-corrected chi connectivity index (χ2v) is 5.16. The Morgan fingerprint density at radius 2 is 1.95 bits per heavy atom. The maximum atomic E-state index is 12.9. The van der Waals surface area contributed by atoms with Gasteiger partial charge in [0.05, 0.1) is 16.3 Å². The van der Waals surface area contributed by atoms with Crippen molar-refractivity contribution in [3.05, 3.63) is 56.5 Å². The van der Waals surface area contributed by atoms with Crippen LogP contribution in [-0.4, -0.2) is 10.9 Å². The molecule has 1 amide bonds. The molecule has 0 aliphatic carbocycles. The fraction of sp³-hybridized carbons (Fsp3) is 0.0769. The number of pyridine rings is 1. The van der Waals surface area contributed by atoms with E-state index in [9.17, 15) is 9.18 Å². The van der Waals surface area contributed by atoms with Crippen LogP contribution in [-0.2, 0) is 0 Å². The summed E-state index contributed by atoms with van der Waals surface area (Å²) in [5, 5.41) is 2.89. The van der Waals surface area contributed by atoms with Gasteiger partial charge in [0.25, 0.3) is 5.91 Å². The number of carbonyl (C=O) groups is 1. The van der Waals surface area contributed by atoms with Gasteiger partial charge < -0.3 is 5.32 Å². The molecule has 0 fully saturated rings. The van der Waals surface area contributed by atoms with Crippen LogP contribution in [0.2, 0.25) is 15.3 Å². The summed E-state index contributed by atoms with van der Waals surface area (Å²) >= 11 is 17.5. The maximum Gasteiger partial charge on any atom is 0.257 e. The van der Waals surface area contributed by atoms with Gasteiger partial charge >= 0.3 is 0 Å². The number of anilines is 1. The molecule has 0 saturated carbocycles. The molecule has 0 spiro atoms. The van der Waals surface area contributed by atoms with E-state index in [-0.39, 0.29) is 20.9 Å². The van der Waals surface area contributed by atoms with Crippen molar-refractivity contribution in [2.24, 2.45) is 0 Å². The van der Waals surface area contributed by atoms with E-state index in [1.165, 1.54) is 6.07 Å². The normalized spacial score (nSPS) is 10.4. The maximum absolute atomic E-state index is 12.9. The van der Waals surface area contributed by atoms with Gasteiger partial charge in [-0.3, -0.25) is 4.79 Å². The molecule has 0 saturated heterocycles. The monoisotopic (exact) mass is 332 g/mol. The Hall–Kier alpha value is -1.36. The van der Waals surface area contributed by atoms with Crippen LogP contribution in [0.25, 0.3) is 0 Å². The van der Waals surface area contributed by atoms with E-state index in [0.717, 1.165) is 12.1 Å². The molecule has 1 N–H and O–H groups in total. The van der Waals surface area contributed by atoms with Crippen LogP contribution in [0.5, 0.6) is 0 Å². The first-order chi connectivity index (χ1) is 9.38. The Labute approximate surface area is 129 Å². The molecule has 1 heterocycles. The van der Waals surface area contributed by atoms with Gasteiger partial charge in [-0.15, -0.1) is 0 Å². The van der Waals surface area contributed by atoms with E-state index in [1.54, 1.807) is 13.0 Å². The molecule has 0 unspecified atom stereocenters. The Morgan fingerprint density at radius 1 is 1.25 bits per heavy atom. The highest BCUT2D eigenvalue weighted by atomic mass is 35.5. The lowest BCUT2D eigenvalue weighted by molar-refractivity contribution is 0.102. The van der Waals surface area contributed by atoms with Gasteiger partial charge in [0, 0.05) is 0 Å². The van der Waals surface area contributed by atoms with E-state index in [0.29, 0.717) is 11.3 Å². The van der Waals surface area contributed by atoms with E-state index >= 15 is 0 Å². The molecule has 3 nitrogen and oxygen atoms in total. The summed E-state index contributed by atoms with van der Waals surface area (Å²) in [5.74, 6) is -1.03. The second-order valence-electron chi connectivity index (χ2n) is 4.01. The van der Waals surface area contributed by atoms with Crippen LogP contribution < -0.4 is 5.32 Å². The lowest BCUT2D eigenvalue weighted by Gasteiger charge is -2.11. The number of carbonyl (C=O) groups excluding carboxylic acids is 1. The van der Waals surface area contributed by atoms with Crippen molar-refractivity contribution >= 4 is 46.4 Å². The third-order valence-corrected chi connectivity index (χ3v) is 3.34. The number of rotatable bonds is 2. The van der Waals surface area contributed by atoms with Crippen LogP contribution in [0, 0.1) is 12.7 Å². The molecule has 0 atom stereocenters. The van der Waals surface area contributed by atoms with Gasteiger partial charge in [-0.25, -0.2) is 9.37 Å². The summed E-state index contributed by atoms with van der Waals surface area (Å²) in [6.45, 7) is 1.72. The summed E-state index contributed by atoms with van der Waals surface area (Å²) in [6, 6.07) is 5.06. The Kier molecular flexibility index (Phi) is 4.48. The average Bonchev–Trinajstić information content (AvgIpc) is 2.33. The summed E-state index contributed by atoms with van der Waals surface area (Å²) in [6.07, 6.45) is 0. The summed E-state index contributed by atoms with van der Waals surface area (Å²) < 4.78 is 12.9. The molecular formula is C13H8Cl3FN2O. The number of amides is 1. The topological polar surface area (TPSA) is 42.0 Å². The van der Waals surface area contributed by atoms with Crippen molar-refractivity contribution in [3.8, 4) is 0 Å². The van der Waals surface area contributed by atoms with Gasteiger partial charge in [-0.1, -0.05) is 34.8 Å². The number of hydrogen-bond acceptors (Lipinski definition) is 2. The minimum Gasteiger partial charge on any atom is -0.319 e. The molecule has 0 aliphatic heterocycles. The summed E-state index contributed by atoms with van der Waals surface area (Å²) in [4.78, 5) is 15.9. The van der Waals surface area contributed by atoms with Gasteiger partial charge in [-0.05, 0) is 36.8 Å². The van der Waals surface area contributed by atoms with Crippen LogP contribution in [0.15, 0.2) is 24.3 Å². The van der Waals surface area contributed by atoms with Crippen molar-refractivity contribution in [3.63, 3.8) is 0 Å². The summed E-state index contributed by atoms with van der Waals surface area (Å²) in [7, 11) is 0. The molecule has 2 rings (SSSR count). The average molecular weight is 334 g/mol. The van der Waals surface area contributed by atoms with Crippen molar-refractivity contribution in [2.45, 2.75) is 6.92 Å². The highest BCUT2D eigenvalue weighted by molar-refractivity contribution is 6.36. The second kappa shape index (κ2) is 5.95. The van der Waals surface area contributed by atoms with Gasteiger partial charge in [-0.2, -0.15) is 0 Å². The SMILES string of the molecule is Cc1cc(Cl)nc(Cl)c1NC(=O)c1ccc(F)cc1Cl. The minimum absolute atomic E-state index is 0.0122. The van der Waals surface area contributed by atoms with E-state index in [2.05, 4.69) is 10.3 Å². The van der Waals surface area contributed by atoms with Crippen LogP contribution in [0.3, 0.4) is 0 Å². The number of aromatic nitrogens is 1. The first-order valence-electron chi connectivity index (χ1n) is 5.47. The quantitative estimate of drug-likeness (QED) is 0.806. The van der Waals surface area contributed by atoms with E-state index in [4.69, 9.17) is 34.8 Å². The molecule has 7 heteroatoms.